The normalized spacial score (nSPS) is 12.8. The fourth-order valence-electron chi connectivity index (χ4n) is 6.25. The van der Waals surface area contributed by atoms with E-state index in [9.17, 15) is 19.5 Å². The molecule has 0 aliphatic carbocycles. The fraction of sp³-hybridized carbons (Fsp3) is 0.917. The van der Waals surface area contributed by atoms with Crippen LogP contribution in [0.2, 0.25) is 0 Å². The van der Waals surface area contributed by atoms with Gasteiger partial charge in [-0.25, -0.2) is 0 Å². The number of carboxylic acid groups (broad SMARTS) is 3. The van der Waals surface area contributed by atoms with Crippen molar-refractivity contribution >= 4 is 17.9 Å². The molecule has 0 aromatic heterocycles. The van der Waals surface area contributed by atoms with Crippen LogP contribution in [0.5, 0.6) is 0 Å². The molecule has 0 spiro atoms. The summed E-state index contributed by atoms with van der Waals surface area (Å²) in [7, 11) is 0. The summed E-state index contributed by atoms with van der Waals surface area (Å²) in [5.74, 6) is -2.09. The molecule has 0 rings (SSSR count). The molecule has 0 aliphatic heterocycles. The number of hydrogen-bond donors (Lipinski definition) is 3. The third-order valence-electron chi connectivity index (χ3n) is 9.05. The topological polar surface area (TPSA) is 112 Å². The largest absolute Gasteiger partial charge is 0.481 e. The molecule has 3 N–H and O–H groups in total. The molecule has 0 saturated heterocycles. The maximum Gasteiger partial charge on any atom is 0.309 e. The summed E-state index contributed by atoms with van der Waals surface area (Å²) in [6, 6.07) is 0. The molecule has 42 heavy (non-hydrogen) atoms. The molecule has 0 saturated carbocycles. The molecule has 1 unspecified atom stereocenters. The van der Waals surface area contributed by atoms with Crippen LogP contribution in [0, 0.1) is 5.41 Å². The molecule has 6 heteroatoms. The Morgan fingerprint density at radius 3 is 0.857 bits per heavy atom. The summed E-state index contributed by atoms with van der Waals surface area (Å²) < 4.78 is 0. The molecule has 0 bridgehead atoms. The van der Waals surface area contributed by atoms with Crippen molar-refractivity contribution in [1.29, 1.82) is 0 Å². The maximum absolute atomic E-state index is 12.6. The van der Waals surface area contributed by atoms with Crippen molar-refractivity contribution in [2.45, 2.75) is 206 Å². The lowest BCUT2D eigenvalue weighted by molar-refractivity contribution is -0.151. The van der Waals surface area contributed by atoms with Crippen molar-refractivity contribution < 1.29 is 29.7 Å². The van der Waals surface area contributed by atoms with Crippen molar-refractivity contribution in [3.05, 3.63) is 0 Å². The van der Waals surface area contributed by atoms with E-state index in [0.717, 1.165) is 103 Å². The number of rotatable bonds is 34. The molecular formula is C36H68O6. The van der Waals surface area contributed by atoms with Gasteiger partial charge in [0, 0.05) is 12.8 Å². The zero-order valence-corrected chi connectivity index (χ0v) is 27.5. The number of aliphatic carboxylic acids is 3. The van der Waals surface area contributed by atoms with Gasteiger partial charge in [-0.15, -0.1) is 0 Å². The Morgan fingerprint density at radius 2 is 0.619 bits per heavy atom. The molecule has 0 fully saturated rings. The second kappa shape index (κ2) is 29.5. The number of unbranched alkanes of at least 4 members (excludes halogenated alkanes) is 23. The van der Waals surface area contributed by atoms with Gasteiger partial charge in [0.15, 0.2) is 0 Å². The third kappa shape index (κ3) is 26.1. The monoisotopic (exact) mass is 597 g/mol. The summed E-state index contributed by atoms with van der Waals surface area (Å²) in [5, 5.41) is 27.9. The lowest BCUT2D eigenvalue weighted by atomic mass is 9.74. The van der Waals surface area contributed by atoms with Gasteiger partial charge < -0.3 is 15.3 Å². The van der Waals surface area contributed by atoms with Crippen LogP contribution in [0.4, 0.5) is 0 Å². The lowest BCUT2D eigenvalue weighted by Gasteiger charge is -2.30. The molecule has 6 nitrogen and oxygen atoms in total. The second-order valence-corrected chi connectivity index (χ2v) is 13.0. The summed E-state index contributed by atoms with van der Waals surface area (Å²) in [6.45, 7) is 2.26. The minimum atomic E-state index is -0.742. The molecule has 0 aliphatic rings. The number of carboxylic acids is 3. The SMILES string of the molecule is CCCCCCCCCCCCCCCCC(CCCCCCCCCC(=O)O)(CCCCCCCC(=O)O)C(=O)O. The van der Waals surface area contributed by atoms with E-state index in [1.807, 2.05) is 0 Å². The predicted molar refractivity (Wildman–Crippen MR) is 174 cm³/mol. The van der Waals surface area contributed by atoms with Crippen molar-refractivity contribution in [1.82, 2.24) is 0 Å². The van der Waals surface area contributed by atoms with Gasteiger partial charge in [0.2, 0.25) is 0 Å². The van der Waals surface area contributed by atoms with Crippen LogP contribution in [0.15, 0.2) is 0 Å². The van der Waals surface area contributed by atoms with Crippen LogP contribution in [0.1, 0.15) is 206 Å². The molecule has 0 aromatic rings. The lowest BCUT2D eigenvalue weighted by Crippen LogP contribution is -2.31. The van der Waals surface area contributed by atoms with E-state index in [0.29, 0.717) is 6.42 Å². The first-order valence-electron chi connectivity index (χ1n) is 18.0. The van der Waals surface area contributed by atoms with Crippen molar-refractivity contribution in [2.75, 3.05) is 0 Å². The van der Waals surface area contributed by atoms with Gasteiger partial charge >= 0.3 is 17.9 Å². The predicted octanol–water partition coefficient (Wildman–Crippen LogP) is 11.3. The summed E-state index contributed by atoms with van der Waals surface area (Å²) in [4.78, 5) is 34.0. The highest BCUT2D eigenvalue weighted by Gasteiger charge is 2.36. The van der Waals surface area contributed by atoms with Gasteiger partial charge in [-0.3, -0.25) is 14.4 Å². The summed E-state index contributed by atoms with van der Waals surface area (Å²) >= 11 is 0. The third-order valence-corrected chi connectivity index (χ3v) is 9.05. The highest BCUT2D eigenvalue weighted by Crippen LogP contribution is 2.38. The highest BCUT2D eigenvalue weighted by molar-refractivity contribution is 5.74. The Labute approximate surface area is 258 Å². The van der Waals surface area contributed by atoms with Crippen molar-refractivity contribution in [3.63, 3.8) is 0 Å². The Bertz CT molecular complexity index is 649. The van der Waals surface area contributed by atoms with E-state index < -0.39 is 23.3 Å². The van der Waals surface area contributed by atoms with Gasteiger partial charge in [0.1, 0.15) is 0 Å². The van der Waals surface area contributed by atoms with Crippen LogP contribution in [-0.2, 0) is 14.4 Å². The van der Waals surface area contributed by atoms with Gasteiger partial charge in [-0.05, 0) is 32.1 Å². The smallest absolute Gasteiger partial charge is 0.309 e. The van der Waals surface area contributed by atoms with Crippen LogP contribution >= 0.6 is 0 Å². The van der Waals surface area contributed by atoms with E-state index in [4.69, 9.17) is 10.2 Å². The van der Waals surface area contributed by atoms with Crippen LogP contribution < -0.4 is 0 Å². The zero-order valence-electron chi connectivity index (χ0n) is 27.5. The van der Waals surface area contributed by atoms with Crippen LogP contribution in [-0.4, -0.2) is 33.2 Å². The summed E-state index contributed by atoms with van der Waals surface area (Å²) in [5.41, 5.74) is -0.625. The van der Waals surface area contributed by atoms with Gasteiger partial charge in [-0.2, -0.15) is 0 Å². The second-order valence-electron chi connectivity index (χ2n) is 13.0. The van der Waals surface area contributed by atoms with Gasteiger partial charge in [0.25, 0.3) is 0 Å². The fourth-order valence-corrected chi connectivity index (χ4v) is 6.25. The first-order chi connectivity index (χ1) is 20.3. The Balaban J connectivity index is 4.35. The van der Waals surface area contributed by atoms with Crippen LogP contribution in [0.25, 0.3) is 0 Å². The number of hydrogen-bond acceptors (Lipinski definition) is 3. The molecule has 0 heterocycles. The highest BCUT2D eigenvalue weighted by atomic mass is 16.4. The molecule has 1 atom stereocenters. The Morgan fingerprint density at radius 1 is 0.381 bits per heavy atom. The molecule has 0 radical (unpaired) electrons. The Hall–Kier alpha value is -1.59. The minimum absolute atomic E-state index is 0.220. The summed E-state index contributed by atoms with van der Waals surface area (Å²) in [6.07, 6.45) is 32.3. The van der Waals surface area contributed by atoms with Crippen molar-refractivity contribution in [3.8, 4) is 0 Å². The quantitative estimate of drug-likeness (QED) is 0.0637. The van der Waals surface area contributed by atoms with E-state index in [2.05, 4.69) is 6.92 Å². The number of carbonyl (C=O) groups is 3. The Kier molecular flexibility index (Phi) is 28.4. The molecule has 0 amide bonds. The van der Waals surface area contributed by atoms with E-state index in [-0.39, 0.29) is 12.8 Å². The first-order valence-corrected chi connectivity index (χ1v) is 18.0. The van der Waals surface area contributed by atoms with E-state index >= 15 is 0 Å². The van der Waals surface area contributed by atoms with E-state index in [1.165, 1.54) is 77.0 Å². The minimum Gasteiger partial charge on any atom is -0.481 e. The molecule has 248 valence electrons. The average molecular weight is 597 g/mol. The standard InChI is InChI=1S/C36H68O6/c1-2-3-4-5-6-7-8-9-10-11-12-15-20-25-30-36(35(41)42,32-27-22-17-19-24-29-34(39)40)31-26-21-16-13-14-18-23-28-33(37)38/h2-32H2,1H3,(H,37,38)(H,39,40)(H,41,42). The zero-order chi connectivity index (χ0) is 31.2. The van der Waals surface area contributed by atoms with E-state index in [1.54, 1.807) is 0 Å². The molecular weight excluding hydrogens is 528 g/mol. The maximum atomic E-state index is 12.6. The van der Waals surface area contributed by atoms with Gasteiger partial charge in [-0.1, -0.05) is 161 Å². The molecule has 0 aromatic carbocycles. The average Bonchev–Trinajstić information content (AvgIpc) is 2.95. The van der Waals surface area contributed by atoms with Crippen LogP contribution in [0.3, 0.4) is 0 Å². The van der Waals surface area contributed by atoms with Crippen molar-refractivity contribution in [2.24, 2.45) is 5.41 Å². The first kappa shape index (κ1) is 40.4. The van der Waals surface area contributed by atoms with Gasteiger partial charge in [0.05, 0.1) is 5.41 Å².